The van der Waals surface area contributed by atoms with Gasteiger partial charge in [-0.2, -0.15) is 0 Å². The molecule has 0 atom stereocenters. The summed E-state index contributed by atoms with van der Waals surface area (Å²) in [5.74, 6) is 0.951. The second-order valence-corrected chi connectivity index (χ2v) is 9.31. The number of methoxy groups -OCH3 is 1. The van der Waals surface area contributed by atoms with Gasteiger partial charge in [-0.25, -0.2) is 0 Å². The first-order valence-electron chi connectivity index (χ1n) is 9.54. The lowest BCUT2D eigenvalue weighted by Gasteiger charge is -2.14. The summed E-state index contributed by atoms with van der Waals surface area (Å²) in [5.41, 5.74) is 2.33. The lowest BCUT2D eigenvalue weighted by atomic mass is 10.1. The van der Waals surface area contributed by atoms with Crippen LogP contribution in [-0.4, -0.2) is 17.3 Å². The second-order valence-electron chi connectivity index (χ2n) is 6.79. The van der Waals surface area contributed by atoms with Crippen LogP contribution in [0.25, 0.3) is 6.08 Å². The van der Waals surface area contributed by atoms with Crippen LogP contribution in [-0.2, 0) is 11.4 Å². The number of thiocarbonyl (C=S) groups is 1. The fraction of sp³-hybridized carbons (Fsp3) is 0.0833. The lowest BCUT2D eigenvalue weighted by molar-refractivity contribution is -0.113. The molecule has 1 aliphatic heterocycles. The second kappa shape index (κ2) is 9.96. The van der Waals surface area contributed by atoms with Gasteiger partial charge in [0.1, 0.15) is 6.61 Å². The maximum absolute atomic E-state index is 13.0. The van der Waals surface area contributed by atoms with E-state index in [1.54, 1.807) is 31.4 Å². The number of amides is 1. The Morgan fingerprint density at radius 2 is 1.81 bits per heavy atom. The van der Waals surface area contributed by atoms with Gasteiger partial charge in [0.25, 0.3) is 5.91 Å². The predicted octanol–water partition coefficient (Wildman–Crippen LogP) is 6.99. The van der Waals surface area contributed by atoms with E-state index in [1.807, 2.05) is 48.5 Å². The van der Waals surface area contributed by atoms with Crippen molar-refractivity contribution < 1.29 is 14.3 Å². The average Bonchev–Trinajstić information content (AvgIpc) is 3.06. The van der Waals surface area contributed by atoms with Crippen LogP contribution < -0.4 is 14.4 Å². The van der Waals surface area contributed by atoms with Crippen LogP contribution in [0.1, 0.15) is 11.1 Å². The van der Waals surface area contributed by atoms with Gasteiger partial charge in [-0.1, -0.05) is 77.5 Å². The molecule has 0 aliphatic carbocycles. The molecule has 0 N–H and O–H groups in total. The Balaban J connectivity index is 1.57. The van der Waals surface area contributed by atoms with Crippen molar-refractivity contribution in [2.75, 3.05) is 12.0 Å². The summed E-state index contributed by atoms with van der Waals surface area (Å²) in [6.45, 7) is 0.242. The summed E-state index contributed by atoms with van der Waals surface area (Å²) in [4.78, 5) is 15.0. The van der Waals surface area contributed by atoms with Crippen molar-refractivity contribution >= 4 is 69.2 Å². The van der Waals surface area contributed by atoms with E-state index >= 15 is 0 Å². The van der Waals surface area contributed by atoms with E-state index in [0.29, 0.717) is 30.8 Å². The number of benzene rings is 3. The average molecular weight is 502 g/mol. The van der Waals surface area contributed by atoms with Gasteiger partial charge < -0.3 is 9.47 Å². The first-order chi connectivity index (χ1) is 15.5. The number of halogens is 2. The molecule has 8 heteroatoms. The molecule has 4 nitrogen and oxygen atoms in total. The standard InChI is InChI=1S/C24H17Cl2NO3S2/c1-29-20-10-7-15(11-21(20)30-14-16-8-9-17(25)13-19(16)26)12-22-23(28)27(24(31)32-22)18-5-3-2-4-6-18/h2-13H,14H2,1H3/b22-12+. The molecular weight excluding hydrogens is 485 g/mol. The minimum atomic E-state index is -0.155. The largest absolute Gasteiger partial charge is 0.493 e. The van der Waals surface area contributed by atoms with Crippen molar-refractivity contribution in [2.24, 2.45) is 0 Å². The topological polar surface area (TPSA) is 38.8 Å². The molecule has 3 aromatic carbocycles. The van der Waals surface area contributed by atoms with Crippen LogP contribution >= 0.6 is 47.2 Å². The monoisotopic (exact) mass is 501 g/mol. The fourth-order valence-electron chi connectivity index (χ4n) is 3.11. The Hall–Kier alpha value is -2.51. The SMILES string of the molecule is COc1ccc(/C=C2/SC(=S)N(c3ccccc3)C2=O)cc1OCc1ccc(Cl)cc1Cl. The number of ether oxygens (including phenoxy) is 2. The molecule has 4 rings (SSSR count). The molecule has 1 aliphatic rings. The third-order valence-electron chi connectivity index (χ3n) is 4.69. The van der Waals surface area contributed by atoms with Crippen molar-refractivity contribution in [1.82, 2.24) is 0 Å². The molecule has 1 fully saturated rings. The van der Waals surface area contributed by atoms with E-state index < -0.39 is 0 Å². The minimum Gasteiger partial charge on any atom is -0.493 e. The van der Waals surface area contributed by atoms with Gasteiger partial charge in [0.15, 0.2) is 15.8 Å². The highest BCUT2D eigenvalue weighted by atomic mass is 35.5. The zero-order valence-electron chi connectivity index (χ0n) is 16.9. The Morgan fingerprint density at radius 1 is 1.03 bits per heavy atom. The van der Waals surface area contributed by atoms with Crippen LogP contribution in [0.3, 0.4) is 0 Å². The summed E-state index contributed by atoms with van der Waals surface area (Å²) in [6.07, 6.45) is 1.80. The summed E-state index contributed by atoms with van der Waals surface area (Å²) in [7, 11) is 1.57. The number of nitrogens with zero attached hydrogens (tertiary/aromatic N) is 1. The van der Waals surface area contributed by atoms with E-state index in [2.05, 4.69) is 0 Å². The van der Waals surface area contributed by atoms with Crippen LogP contribution in [0.15, 0.2) is 71.6 Å². The summed E-state index contributed by atoms with van der Waals surface area (Å²) < 4.78 is 11.9. The van der Waals surface area contributed by atoms with Crippen molar-refractivity contribution in [2.45, 2.75) is 6.61 Å². The van der Waals surface area contributed by atoms with Gasteiger partial charge in [0, 0.05) is 15.6 Å². The van der Waals surface area contributed by atoms with E-state index in [-0.39, 0.29) is 12.5 Å². The zero-order chi connectivity index (χ0) is 22.7. The predicted molar refractivity (Wildman–Crippen MR) is 136 cm³/mol. The molecule has 0 spiro atoms. The third-order valence-corrected chi connectivity index (χ3v) is 6.58. The maximum atomic E-state index is 13.0. The highest BCUT2D eigenvalue weighted by Gasteiger charge is 2.33. The van der Waals surface area contributed by atoms with E-state index in [1.165, 1.54) is 16.7 Å². The number of para-hydroxylation sites is 1. The Morgan fingerprint density at radius 3 is 2.53 bits per heavy atom. The van der Waals surface area contributed by atoms with Gasteiger partial charge >= 0.3 is 0 Å². The van der Waals surface area contributed by atoms with Crippen molar-refractivity contribution in [3.05, 3.63) is 92.8 Å². The number of rotatable bonds is 6. The number of carbonyl (C=O) groups excluding carboxylic acids is 1. The zero-order valence-corrected chi connectivity index (χ0v) is 20.0. The first-order valence-corrected chi connectivity index (χ1v) is 11.5. The van der Waals surface area contributed by atoms with Crippen LogP contribution in [0.2, 0.25) is 10.0 Å². The number of anilines is 1. The number of thioether (sulfide) groups is 1. The molecule has 0 saturated carbocycles. The number of carbonyl (C=O) groups is 1. The Kier molecular flexibility index (Phi) is 7.06. The minimum absolute atomic E-state index is 0.155. The quantitative estimate of drug-likeness (QED) is 0.269. The molecule has 1 saturated heterocycles. The van der Waals surface area contributed by atoms with Crippen LogP contribution in [0.4, 0.5) is 5.69 Å². The van der Waals surface area contributed by atoms with E-state index in [0.717, 1.165) is 16.8 Å². The third kappa shape index (κ3) is 4.94. The van der Waals surface area contributed by atoms with Crippen molar-refractivity contribution in [3.8, 4) is 11.5 Å². The number of hydrogen-bond acceptors (Lipinski definition) is 5. The van der Waals surface area contributed by atoms with Crippen LogP contribution in [0, 0.1) is 0 Å². The van der Waals surface area contributed by atoms with E-state index in [4.69, 9.17) is 44.9 Å². The summed E-state index contributed by atoms with van der Waals surface area (Å²) >= 11 is 18.9. The first kappa shape index (κ1) is 22.7. The molecule has 0 radical (unpaired) electrons. The molecular formula is C24H17Cl2NO3S2. The Labute approximate surface area is 205 Å². The summed E-state index contributed by atoms with van der Waals surface area (Å²) in [5, 5.41) is 1.09. The molecule has 162 valence electrons. The molecule has 1 heterocycles. The maximum Gasteiger partial charge on any atom is 0.270 e. The molecule has 3 aromatic rings. The van der Waals surface area contributed by atoms with E-state index in [9.17, 15) is 4.79 Å². The molecule has 1 amide bonds. The highest BCUT2D eigenvalue weighted by Crippen LogP contribution is 2.37. The summed E-state index contributed by atoms with van der Waals surface area (Å²) in [6, 6.07) is 20.1. The van der Waals surface area contributed by atoms with Gasteiger partial charge in [0.2, 0.25) is 0 Å². The van der Waals surface area contributed by atoms with Gasteiger partial charge in [-0.05, 0) is 48.0 Å². The fourth-order valence-corrected chi connectivity index (χ4v) is 4.87. The smallest absolute Gasteiger partial charge is 0.270 e. The molecule has 0 bridgehead atoms. The van der Waals surface area contributed by atoms with Crippen molar-refractivity contribution in [1.29, 1.82) is 0 Å². The number of hydrogen-bond donors (Lipinski definition) is 0. The van der Waals surface area contributed by atoms with Gasteiger partial charge in [-0.3, -0.25) is 9.69 Å². The Bertz CT molecular complexity index is 1220. The molecule has 32 heavy (non-hydrogen) atoms. The van der Waals surface area contributed by atoms with Crippen LogP contribution in [0.5, 0.6) is 11.5 Å². The lowest BCUT2D eigenvalue weighted by Crippen LogP contribution is -2.27. The van der Waals surface area contributed by atoms with Gasteiger partial charge in [-0.15, -0.1) is 0 Å². The van der Waals surface area contributed by atoms with Gasteiger partial charge in [0.05, 0.1) is 17.7 Å². The normalized spacial score (nSPS) is 14.8. The molecule has 0 unspecified atom stereocenters. The van der Waals surface area contributed by atoms with Crippen molar-refractivity contribution in [3.63, 3.8) is 0 Å². The molecule has 0 aromatic heterocycles. The highest BCUT2D eigenvalue weighted by molar-refractivity contribution is 8.27.